The Balaban J connectivity index is 1.33. The number of carbonyl (C=O) groups excluding carboxylic acids is 1. The fourth-order valence-corrected chi connectivity index (χ4v) is 3.79. The average Bonchev–Trinajstić information content (AvgIpc) is 3.26. The molecule has 11 nitrogen and oxygen atoms in total. The lowest BCUT2D eigenvalue weighted by Gasteiger charge is -2.31. The highest BCUT2D eigenvalue weighted by Crippen LogP contribution is 2.14. The van der Waals surface area contributed by atoms with Crippen LogP contribution in [0.4, 0.5) is 5.82 Å². The Kier molecular flexibility index (Phi) is 6.59. The van der Waals surface area contributed by atoms with Crippen LogP contribution in [0.3, 0.4) is 0 Å². The summed E-state index contributed by atoms with van der Waals surface area (Å²) in [5.41, 5.74) is 7.87. The second-order valence-corrected chi connectivity index (χ2v) is 8.05. The van der Waals surface area contributed by atoms with Crippen molar-refractivity contribution in [3.05, 3.63) is 58.3 Å². The molecule has 1 atom stereocenters. The number of benzene rings is 1. The predicted molar refractivity (Wildman–Crippen MR) is 125 cm³/mol. The van der Waals surface area contributed by atoms with Gasteiger partial charge in [-0.3, -0.25) is 24.4 Å². The molecule has 174 valence electrons. The minimum atomic E-state index is -0.340. The molecule has 2 aromatic heterocycles. The number of hydrogen-bond acceptors (Lipinski definition) is 6. The van der Waals surface area contributed by atoms with Crippen LogP contribution in [0.5, 0.6) is 0 Å². The SMILES string of the molecule is Cc1cnc(NCCc2ccc3cc[nH]c3c2)c(=O)n1CC(=O)NC1CCN(C(=N)N)OC1. The van der Waals surface area contributed by atoms with Crippen LogP contribution in [0.15, 0.2) is 41.5 Å². The normalized spacial score (nSPS) is 16.0. The second kappa shape index (κ2) is 9.74. The molecule has 0 bridgehead atoms. The van der Waals surface area contributed by atoms with Crippen molar-refractivity contribution in [1.29, 1.82) is 5.41 Å². The lowest BCUT2D eigenvalue weighted by atomic mass is 10.1. The first-order valence-corrected chi connectivity index (χ1v) is 10.8. The van der Waals surface area contributed by atoms with E-state index in [2.05, 4.69) is 38.8 Å². The van der Waals surface area contributed by atoms with Crippen molar-refractivity contribution >= 4 is 28.6 Å². The van der Waals surface area contributed by atoms with Crippen molar-refractivity contribution in [2.24, 2.45) is 5.73 Å². The summed E-state index contributed by atoms with van der Waals surface area (Å²) in [5.74, 6) is -0.238. The van der Waals surface area contributed by atoms with E-state index in [0.717, 1.165) is 22.9 Å². The Hall–Kier alpha value is -3.86. The second-order valence-electron chi connectivity index (χ2n) is 8.05. The Morgan fingerprint density at radius 1 is 1.39 bits per heavy atom. The van der Waals surface area contributed by atoms with Crippen molar-refractivity contribution in [3.63, 3.8) is 0 Å². The number of H-pyrrole nitrogens is 1. The molecule has 1 amide bonds. The highest BCUT2D eigenvalue weighted by Gasteiger charge is 2.23. The van der Waals surface area contributed by atoms with Gasteiger partial charge in [-0.2, -0.15) is 0 Å². The van der Waals surface area contributed by atoms with Gasteiger partial charge < -0.3 is 21.4 Å². The van der Waals surface area contributed by atoms with E-state index in [-0.39, 0.29) is 42.4 Å². The monoisotopic (exact) mass is 452 g/mol. The van der Waals surface area contributed by atoms with Crippen molar-refractivity contribution < 1.29 is 9.63 Å². The Morgan fingerprint density at radius 3 is 3.00 bits per heavy atom. The summed E-state index contributed by atoms with van der Waals surface area (Å²) in [6, 6.07) is 8.03. The molecular weight excluding hydrogens is 424 g/mol. The number of guanidine groups is 1. The van der Waals surface area contributed by atoms with Crippen LogP contribution in [0.25, 0.3) is 10.9 Å². The Morgan fingerprint density at radius 2 is 2.24 bits per heavy atom. The van der Waals surface area contributed by atoms with Crippen LogP contribution < -0.4 is 21.9 Å². The topological polar surface area (TPSA) is 154 Å². The van der Waals surface area contributed by atoms with Gasteiger partial charge in [0.25, 0.3) is 5.56 Å². The fraction of sp³-hybridized carbons (Fsp3) is 0.364. The molecule has 1 aliphatic rings. The minimum Gasteiger partial charge on any atom is -0.368 e. The molecule has 0 spiro atoms. The number of hydroxylamine groups is 2. The van der Waals surface area contributed by atoms with Crippen LogP contribution in [-0.2, 0) is 22.6 Å². The largest absolute Gasteiger partial charge is 0.368 e. The molecule has 1 aromatic carbocycles. The number of nitrogens with zero attached hydrogens (tertiary/aromatic N) is 3. The van der Waals surface area contributed by atoms with Gasteiger partial charge >= 0.3 is 0 Å². The number of nitrogens with two attached hydrogens (primary N) is 1. The van der Waals surface area contributed by atoms with E-state index in [9.17, 15) is 9.59 Å². The number of carbonyl (C=O) groups is 1. The summed E-state index contributed by atoms with van der Waals surface area (Å²) in [7, 11) is 0. The van der Waals surface area contributed by atoms with Crippen LogP contribution >= 0.6 is 0 Å². The predicted octanol–water partition coefficient (Wildman–Crippen LogP) is 0.703. The average molecular weight is 453 g/mol. The zero-order valence-corrected chi connectivity index (χ0v) is 18.4. The van der Waals surface area contributed by atoms with E-state index in [1.807, 2.05) is 12.3 Å². The van der Waals surface area contributed by atoms with Gasteiger partial charge in [0.1, 0.15) is 6.54 Å². The lowest BCUT2D eigenvalue weighted by molar-refractivity contribution is -0.143. The van der Waals surface area contributed by atoms with Gasteiger partial charge in [0, 0.05) is 30.1 Å². The maximum atomic E-state index is 12.9. The van der Waals surface area contributed by atoms with Crippen molar-refractivity contribution in [1.82, 2.24) is 24.9 Å². The van der Waals surface area contributed by atoms with Gasteiger partial charge in [0.2, 0.25) is 11.9 Å². The summed E-state index contributed by atoms with van der Waals surface area (Å²) in [5, 5.41) is 15.8. The highest BCUT2D eigenvalue weighted by molar-refractivity contribution is 5.80. The third-order valence-corrected chi connectivity index (χ3v) is 5.63. The zero-order chi connectivity index (χ0) is 23.4. The van der Waals surface area contributed by atoms with Gasteiger partial charge in [-0.25, -0.2) is 10.0 Å². The third-order valence-electron chi connectivity index (χ3n) is 5.63. The molecule has 1 saturated heterocycles. The molecule has 6 N–H and O–H groups in total. The number of anilines is 1. The minimum absolute atomic E-state index is 0.113. The molecule has 4 rings (SSSR count). The molecule has 3 aromatic rings. The first-order chi connectivity index (χ1) is 15.9. The number of nitrogens with one attached hydrogen (secondary N) is 4. The van der Waals surface area contributed by atoms with Crippen molar-refractivity contribution in [2.45, 2.75) is 32.4 Å². The quantitative estimate of drug-likeness (QED) is 0.261. The number of aromatic nitrogens is 3. The number of hydrogen-bond donors (Lipinski definition) is 5. The fourth-order valence-electron chi connectivity index (χ4n) is 3.79. The zero-order valence-electron chi connectivity index (χ0n) is 18.4. The molecule has 0 aliphatic carbocycles. The van der Waals surface area contributed by atoms with Gasteiger partial charge in [-0.05, 0) is 42.8 Å². The van der Waals surface area contributed by atoms with Crippen LogP contribution in [-0.4, -0.2) is 57.2 Å². The number of aryl methyl sites for hydroxylation is 1. The van der Waals surface area contributed by atoms with Gasteiger partial charge in [0.15, 0.2) is 5.82 Å². The summed E-state index contributed by atoms with van der Waals surface area (Å²) in [6.45, 7) is 2.80. The number of fused-ring (bicyclic) bond motifs is 1. The molecule has 1 unspecified atom stereocenters. The smallest absolute Gasteiger partial charge is 0.293 e. The first-order valence-electron chi connectivity index (χ1n) is 10.8. The summed E-state index contributed by atoms with van der Waals surface area (Å²) >= 11 is 0. The lowest BCUT2D eigenvalue weighted by Crippen LogP contribution is -2.50. The van der Waals surface area contributed by atoms with Crippen LogP contribution in [0.1, 0.15) is 17.7 Å². The first kappa shape index (κ1) is 22.3. The number of aromatic amines is 1. The van der Waals surface area contributed by atoms with Crippen LogP contribution in [0.2, 0.25) is 0 Å². The molecule has 11 heteroatoms. The standard InChI is InChI=1S/C22H28N8O3/c1-14-11-27-20(26-7-4-15-2-3-16-5-8-25-18(16)10-15)21(32)29(14)12-19(31)28-17-6-9-30(22(23)24)33-13-17/h2-3,5,8,10-11,17,25H,4,6-7,9,12-13H2,1H3,(H3,23,24)(H,26,27)(H,28,31). The Labute approximate surface area is 190 Å². The molecule has 1 aliphatic heterocycles. The molecular formula is C22H28N8O3. The Bertz CT molecular complexity index is 1210. The molecule has 0 radical (unpaired) electrons. The highest BCUT2D eigenvalue weighted by atomic mass is 16.7. The van der Waals surface area contributed by atoms with E-state index in [1.165, 1.54) is 9.63 Å². The van der Waals surface area contributed by atoms with E-state index < -0.39 is 0 Å². The molecule has 0 saturated carbocycles. The van der Waals surface area contributed by atoms with Gasteiger partial charge in [0.05, 0.1) is 19.2 Å². The van der Waals surface area contributed by atoms with E-state index in [4.69, 9.17) is 16.0 Å². The van der Waals surface area contributed by atoms with Crippen molar-refractivity contribution in [3.8, 4) is 0 Å². The van der Waals surface area contributed by atoms with E-state index >= 15 is 0 Å². The summed E-state index contributed by atoms with van der Waals surface area (Å²) < 4.78 is 1.40. The maximum Gasteiger partial charge on any atom is 0.293 e. The van der Waals surface area contributed by atoms with E-state index in [0.29, 0.717) is 25.2 Å². The van der Waals surface area contributed by atoms with E-state index in [1.54, 1.807) is 13.1 Å². The van der Waals surface area contributed by atoms with Gasteiger partial charge in [-0.15, -0.1) is 0 Å². The van der Waals surface area contributed by atoms with Gasteiger partial charge in [-0.1, -0.05) is 12.1 Å². The third kappa shape index (κ3) is 5.32. The summed E-state index contributed by atoms with van der Waals surface area (Å²) in [4.78, 5) is 38.2. The molecule has 1 fully saturated rings. The molecule has 33 heavy (non-hydrogen) atoms. The number of amides is 1. The molecule has 3 heterocycles. The van der Waals surface area contributed by atoms with Crippen LogP contribution in [0, 0.1) is 12.3 Å². The maximum absolute atomic E-state index is 12.9. The number of rotatable bonds is 7. The van der Waals surface area contributed by atoms with Crippen molar-refractivity contribution in [2.75, 3.05) is 25.0 Å². The summed E-state index contributed by atoms with van der Waals surface area (Å²) in [6.07, 6.45) is 4.81.